The van der Waals surface area contributed by atoms with Gasteiger partial charge in [-0.1, -0.05) is 66.7 Å². The van der Waals surface area contributed by atoms with Crippen LogP contribution < -0.4 is 5.32 Å². The van der Waals surface area contributed by atoms with Gasteiger partial charge in [-0.15, -0.1) is 0 Å². The van der Waals surface area contributed by atoms with Crippen molar-refractivity contribution in [2.45, 2.75) is 39.0 Å². The predicted molar refractivity (Wildman–Crippen MR) is 140 cm³/mol. The number of nitrogens with one attached hydrogen (secondary N) is 1. The van der Waals surface area contributed by atoms with Gasteiger partial charge < -0.3 is 14.0 Å². The molecule has 3 aromatic rings. The molecule has 0 saturated carbocycles. The van der Waals surface area contributed by atoms with Gasteiger partial charge in [0.1, 0.15) is 18.2 Å². The van der Waals surface area contributed by atoms with Crippen molar-refractivity contribution in [3.05, 3.63) is 108 Å². The van der Waals surface area contributed by atoms with Gasteiger partial charge in [-0.25, -0.2) is 14.6 Å². The first-order valence-electron chi connectivity index (χ1n) is 11.9. The molecule has 0 fully saturated rings. The molecule has 1 N–H and O–H groups in total. The van der Waals surface area contributed by atoms with Gasteiger partial charge in [-0.2, -0.15) is 0 Å². The third-order valence-corrected chi connectivity index (χ3v) is 5.01. The molecule has 0 saturated heterocycles. The molecule has 188 valence electrons. The first-order chi connectivity index (χ1) is 17.3. The van der Waals surface area contributed by atoms with Crippen molar-refractivity contribution in [1.82, 2.24) is 14.9 Å². The average molecular weight is 488 g/mol. The van der Waals surface area contributed by atoms with Gasteiger partial charge in [0.2, 0.25) is 0 Å². The molecule has 0 radical (unpaired) electrons. The van der Waals surface area contributed by atoms with E-state index in [0.29, 0.717) is 6.54 Å². The molecule has 1 atom stereocenters. The summed E-state index contributed by atoms with van der Waals surface area (Å²) in [6.07, 6.45) is 12.2. The van der Waals surface area contributed by atoms with Crippen molar-refractivity contribution >= 4 is 18.0 Å². The SMILES string of the molecule is CC(C)(C)OC(=O)[C@@H](NCC=CC(=O)OCC=Cc1ccc(Cn2ccnc2)cc1)c1ccccc1. The fourth-order valence-electron chi connectivity index (χ4n) is 3.37. The van der Waals surface area contributed by atoms with Crippen molar-refractivity contribution in [2.75, 3.05) is 13.2 Å². The van der Waals surface area contributed by atoms with E-state index in [4.69, 9.17) is 9.47 Å². The van der Waals surface area contributed by atoms with E-state index >= 15 is 0 Å². The maximum Gasteiger partial charge on any atom is 0.330 e. The van der Waals surface area contributed by atoms with Crippen LogP contribution in [0.25, 0.3) is 6.08 Å². The van der Waals surface area contributed by atoms with Gasteiger partial charge in [0.05, 0.1) is 6.33 Å². The fourth-order valence-corrected chi connectivity index (χ4v) is 3.37. The average Bonchev–Trinajstić information content (AvgIpc) is 3.35. The van der Waals surface area contributed by atoms with E-state index in [1.54, 1.807) is 24.7 Å². The standard InChI is InChI=1S/C29H33N3O4/c1-29(2,3)36-28(34)27(25-10-5-4-6-11-25)31-17-7-12-26(33)35-20-8-9-23-13-15-24(16-14-23)21-32-19-18-30-22-32/h4-16,18-19,22,27,31H,17,20-21H2,1-3H3/t27-/m0/s1. The quantitative estimate of drug-likeness (QED) is 0.311. The molecule has 0 aliphatic rings. The second kappa shape index (κ2) is 13.2. The molecule has 0 unspecified atom stereocenters. The van der Waals surface area contributed by atoms with Crippen LogP contribution in [0.4, 0.5) is 0 Å². The third kappa shape index (κ3) is 9.35. The number of aromatic nitrogens is 2. The van der Waals surface area contributed by atoms with Gasteiger partial charge in [0.25, 0.3) is 0 Å². The van der Waals surface area contributed by atoms with Crippen LogP contribution in [0.5, 0.6) is 0 Å². The van der Waals surface area contributed by atoms with Gasteiger partial charge >= 0.3 is 11.9 Å². The lowest BCUT2D eigenvalue weighted by atomic mass is 10.1. The highest BCUT2D eigenvalue weighted by Crippen LogP contribution is 2.18. The Morgan fingerprint density at radius 2 is 1.81 bits per heavy atom. The molecule has 36 heavy (non-hydrogen) atoms. The molecule has 0 aliphatic heterocycles. The monoisotopic (exact) mass is 487 g/mol. The Bertz CT molecular complexity index is 1150. The molecule has 0 aliphatic carbocycles. The van der Waals surface area contributed by atoms with E-state index in [9.17, 15) is 9.59 Å². The molecule has 0 spiro atoms. The second-order valence-electron chi connectivity index (χ2n) is 9.20. The lowest BCUT2D eigenvalue weighted by molar-refractivity contribution is -0.157. The van der Waals surface area contributed by atoms with Crippen LogP contribution in [-0.4, -0.2) is 40.2 Å². The summed E-state index contributed by atoms with van der Waals surface area (Å²) in [5, 5.41) is 3.13. The number of hydrogen-bond donors (Lipinski definition) is 1. The van der Waals surface area contributed by atoms with Crippen molar-refractivity contribution in [3.8, 4) is 0 Å². The molecular formula is C29H33N3O4. The molecule has 1 aromatic heterocycles. The lowest BCUT2D eigenvalue weighted by Gasteiger charge is -2.24. The Labute approximate surface area is 212 Å². The number of rotatable bonds is 11. The van der Waals surface area contributed by atoms with E-state index in [1.165, 1.54) is 11.6 Å². The Morgan fingerprint density at radius 3 is 2.47 bits per heavy atom. The molecule has 2 aromatic carbocycles. The zero-order chi connectivity index (χ0) is 25.8. The van der Waals surface area contributed by atoms with Crippen LogP contribution in [0, 0.1) is 0 Å². The molecular weight excluding hydrogens is 454 g/mol. The van der Waals surface area contributed by atoms with E-state index in [0.717, 1.165) is 17.7 Å². The van der Waals surface area contributed by atoms with E-state index in [-0.39, 0.29) is 12.6 Å². The number of carbonyl (C=O) groups excluding carboxylic acids is 2. The first kappa shape index (κ1) is 26.6. The Hall–Kier alpha value is -3.97. The Balaban J connectivity index is 1.42. The van der Waals surface area contributed by atoms with Crippen LogP contribution in [0.3, 0.4) is 0 Å². The van der Waals surface area contributed by atoms with Gasteiger partial charge in [0, 0.05) is 31.6 Å². The highest BCUT2D eigenvalue weighted by Gasteiger charge is 2.25. The van der Waals surface area contributed by atoms with Crippen LogP contribution in [0.1, 0.15) is 43.5 Å². The Kier molecular flexibility index (Phi) is 9.77. The van der Waals surface area contributed by atoms with Crippen molar-refractivity contribution < 1.29 is 19.1 Å². The largest absolute Gasteiger partial charge is 0.459 e. The van der Waals surface area contributed by atoms with Crippen LogP contribution in [-0.2, 0) is 25.6 Å². The minimum absolute atomic E-state index is 0.165. The summed E-state index contributed by atoms with van der Waals surface area (Å²) in [6.45, 7) is 6.72. The molecule has 7 nitrogen and oxygen atoms in total. The van der Waals surface area contributed by atoms with Crippen LogP contribution in [0.15, 0.2) is 91.5 Å². The second-order valence-corrected chi connectivity index (χ2v) is 9.20. The lowest BCUT2D eigenvalue weighted by Crippen LogP contribution is -2.35. The number of nitrogens with zero attached hydrogens (tertiary/aromatic N) is 2. The van der Waals surface area contributed by atoms with E-state index < -0.39 is 17.6 Å². The van der Waals surface area contributed by atoms with E-state index in [2.05, 4.69) is 22.4 Å². The highest BCUT2D eigenvalue weighted by molar-refractivity contribution is 5.82. The third-order valence-electron chi connectivity index (χ3n) is 5.01. The minimum atomic E-state index is -0.639. The zero-order valence-corrected chi connectivity index (χ0v) is 21.0. The minimum Gasteiger partial charge on any atom is -0.459 e. The smallest absolute Gasteiger partial charge is 0.330 e. The molecule has 0 amide bonds. The van der Waals surface area contributed by atoms with Gasteiger partial charge in [0.15, 0.2) is 0 Å². The van der Waals surface area contributed by atoms with Crippen LogP contribution >= 0.6 is 0 Å². The van der Waals surface area contributed by atoms with Gasteiger partial charge in [-0.3, -0.25) is 5.32 Å². The predicted octanol–water partition coefficient (Wildman–Crippen LogP) is 4.72. The zero-order valence-electron chi connectivity index (χ0n) is 21.0. The summed E-state index contributed by atoms with van der Waals surface area (Å²) in [5.74, 6) is -0.824. The number of hydrogen-bond acceptors (Lipinski definition) is 6. The summed E-state index contributed by atoms with van der Waals surface area (Å²) >= 11 is 0. The normalized spacial score (nSPS) is 12.6. The Morgan fingerprint density at radius 1 is 1.06 bits per heavy atom. The molecule has 7 heteroatoms. The summed E-state index contributed by atoms with van der Waals surface area (Å²) in [4.78, 5) is 28.7. The maximum atomic E-state index is 12.7. The summed E-state index contributed by atoms with van der Waals surface area (Å²) in [7, 11) is 0. The number of ether oxygens (including phenoxy) is 2. The topological polar surface area (TPSA) is 82.5 Å². The maximum absolute atomic E-state index is 12.7. The van der Waals surface area contributed by atoms with Crippen molar-refractivity contribution in [3.63, 3.8) is 0 Å². The number of imidazole rings is 1. The summed E-state index contributed by atoms with van der Waals surface area (Å²) < 4.78 is 12.8. The molecule has 3 rings (SSSR count). The number of benzene rings is 2. The van der Waals surface area contributed by atoms with Crippen molar-refractivity contribution in [1.29, 1.82) is 0 Å². The fraction of sp³-hybridized carbons (Fsp3) is 0.276. The van der Waals surface area contributed by atoms with Crippen LogP contribution in [0.2, 0.25) is 0 Å². The molecule has 0 bridgehead atoms. The van der Waals surface area contributed by atoms with Gasteiger partial charge in [-0.05, 0) is 43.5 Å². The summed E-state index contributed by atoms with van der Waals surface area (Å²) in [5.41, 5.74) is 2.40. The summed E-state index contributed by atoms with van der Waals surface area (Å²) in [6, 6.07) is 16.9. The van der Waals surface area contributed by atoms with Crippen molar-refractivity contribution in [2.24, 2.45) is 0 Å². The molecule has 1 heterocycles. The first-order valence-corrected chi connectivity index (χ1v) is 11.9. The number of carbonyl (C=O) groups is 2. The van der Waals surface area contributed by atoms with E-state index in [1.807, 2.05) is 80.1 Å². The highest BCUT2D eigenvalue weighted by atomic mass is 16.6. The number of esters is 2.